The minimum absolute atomic E-state index is 0.140. The summed E-state index contributed by atoms with van der Waals surface area (Å²) < 4.78 is 0. The number of rotatable bonds is 4. The summed E-state index contributed by atoms with van der Waals surface area (Å²) in [5.74, 6) is 2.01. The first-order chi connectivity index (χ1) is 9.49. The molecule has 1 fully saturated rings. The molecule has 2 heterocycles. The molecule has 2 rings (SSSR count). The van der Waals surface area contributed by atoms with Crippen LogP contribution < -0.4 is 10.2 Å². The summed E-state index contributed by atoms with van der Waals surface area (Å²) in [5, 5.41) is 3.58. The smallest absolute Gasteiger partial charge is 0.133 e. The molecule has 0 aliphatic carbocycles. The lowest BCUT2D eigenvalue weighted by atomic mass is 9.95. The van der Waals surface area contributed by atoms with Crippen molar-refractivity contribution in [2.75, 3.05) is 18.0 Å². The Labute approximate surface area is 123 Å². The predicted molar refractivity (Wildman–Crippen MR) is 86.1 cm³/mol. The van der Waals surface area contributed by atoms with Gasteiger partial charge in [-0.1, -0.05) is 19.4 Å². The van der Waals surface area contributed by atoms with Crippen LogP contribution in [0.25, 0.3) is 0 Å². The second-order valence-corrected chi connectivity index (χ2v) is 6.95. The van der Waals surface area contributed by atoms with Gasteiger partial charge in [0.2, 0.25) is 0 Å². The van der Waals surface area contributed by atoms with Gasteiger partial charge >= 0.3 is 0 Å². The second-order valence-electron chi connectivity index (χ2n) is 6.95. The van der Waals surface area contributed by atoms with E-state index in [0.29, 0.717) is 0 Å². The van der Waals surface area contributed by atoms with E-state index in [4.69, 9.17) is 0 Å². The van der Waals surface area contributed by atoms with Crippen molar-refractivity contribution in [1.82, 2.24) is 10.3 Å². The van der Waals surface area contributed by atoms with Crippen LogP contribution in [0.5, 0.6) is 0 Å². The first-order valence-corrected chi connectivity index (χ1v) is 7.93. The van der Waals surface area contributed by atoms with E-state index in [1.807, 2.05) is 12.3 Å². The van der Waals surface area contributed by atoms with Gasteiger partial charge in [-0.3, -0.25) is 0 Å². The Hall–Kier alpha value is -1.09. The molecule has 1 aromatic rings. The van der Waals surface area contributed by atoms with Crippen molar-refractivity contribution in [3.8, 4) is 0 Å². The van der Waals surface area contributed by atoms with Gasteiger partial charge in [0.15, 0.2) is 0 Å². The van der Waals surface area contributed by atoms with Crippen molar-refractivity contribution in [2.45, 2.75) is 59.0 Å². The first-order valence-electron chi connectivity index (χ1n) is 7.93. The summed E-state index contributed by atoms with van der Waals surface area (Å²) >= 11 is 0. The molecule has 0 saturated carbocycles. The van der Waals surface area contributed by atoms with Gasteiger partial charge in [0.1, 0.15) is 5.82 Å². The van der Waals surface area contributed by atoms with E-state index in [1.54, 1.807) is 0 Å². The fraction of sp³-hybridized carbons (Fsp3) is 0.706. The molecule has 1 saturated heterocycles. The van der Waals surface area contributed by atoms with Gasteiger partial charge in [0.05, 0.1) is 0 Å². The molecule has 0 spiro atoms. The molecule has 112 valence electrons. The van der Waals surface area contributed by atoms with Crippen molar-refractivity contribution < 1.29 is 0 Å². The fourth-order valence-electron chi connectivity index (χ4n) is 2.80. The Morgan fingerprint density at radius 2 is 2.20 bits per heavy atom. The highest BCUT2D eigenvalue weighted by molar-refractivity contribution is 5.47. The Bertz CT molecular complexity index is 422. The number of hydrogen-bond donors (Lipinski definition) is 1. The highest BCUT2D eigenvalue weighted by Gasteiger charge is 2.21. The zero-order valence-corrected chi connectivity index (χ0v) is 13.4. The monoisotopic (exact) mass is 275 g/mol. The zero-order valence-electron chi connectivity index (χ0n) is 13.4. The lowest BCUT2D eigenvalue weighted by molar-refractivity contribution is 0.399. The molecular weight excluding hydrogens is 246 g/mol. The number of piperidine rings is 1. The number of nitrogens with zero attached hydrogens (tertiary/aromatic N) is 2. The topological polar surface area (TPSA) is 28.2 Å². The Kier molecular flexibility index (Phi) is 5.03. The lowest BCUT2D eigenvalue weighted by Crippen LogP contribution is -2.38. The van der Waals surface area contributed by atoms with Gasteiger partial charge < -0.3 is 10.2 Å². The molecule has 0 radical (unpaired) electrons. The SMILES string of the molecule is CCC1CCCN(c2ncccc2CNC(C)(C)C)C1. The van der Waals surface area contributed by atoms with E-state index in [0.717, 1.165) is 25.6 Å². The van der Waals surface area contributed by atoms with Crippen LogP contribution >= 0.6 is 0 Å². The van der Waals surface area contributed by atoms with E-state index >= 15 is 0 Å². The van der Waals surface area contributed by atoms with E-state index in [1.165, 1.54) is 30.6 Å². The first kappa shape index (κ1) is 15.3. The molecule has 1 aromatic heterocycles. The number of anilines is 1. The molecule has 1 aliphatic heterocycles. The number of nitrogens with one attached hydrogen (secondary N) is 1. The molecule has 1 N–H and O–H groups in total. The third-order valence-corrected chi connectivity index (χ3v) is 4.07. The average molecular weight is 275 g/mol. The van der Waals surface area contributed by atoms with Gasteiger partial charge in [0.25, 0.3) is 0 Å². The summed E-state index contributed by atoms with van der Waals surface area (Å²) in [5.41, 5.74) is 1.46. The highest BCUT2D eigenvalue weighted by Crippen LogP contribution is 2.26. The zero-order chi connectivity index (χ0) is 14.6. The predicted octanol–water partition coefficient (Wildman–Crippen LogP) is 3.60. The van der Waals surface area contributed by atoms with Crippen molar-refractivity contribution >= 4 is 5.82 Å². The van der Waals surface area contributed by atoms with Crippen LogP contribution in [0, 0.1) is 5.92 Å². The van der Waals surface area contributed by atoms with Gasteiger partial charge in [-0.2, -0.15) is 0 Å². The summed E-state index contributed by atoms with van der Waals surface area (Å²) in [6, 6.07) is 4.25. The van der Waals surface area contributed by atoms with E-state index < -0.39 is 0 Å². The molecule has 1 unspecified atom stereocenters. The largest absolute Gasteiger partial charge is 0.356 e. The highest BCUT2D eigenvalue weighted by atomic mass is 15.2. The Balaban J connectivity index is 2.10. The average Bonchev–Trinajstić information content (AvgIpc) is 2.45. The Morgan fingerprint density at radius 3 is 2.90 bits per heavy atom. The maximum absolute atomic E-state index is 4.66. The summed E-state index contributed by atoms with van der Waals surface area (Å²) in [6.07, 6.45) is 5.86. The molecule has 3 heteroatoms. The van der Waals surface area contributed by atoms with Crippen molar-refractivity contribution in [3.63, 3.8) is 0 Å². The van der Waals surface area contributed by atoms with Crippen LogP contribution in [0.1, 0.15) is 52.5 Å². The van der Waals surface area contributed by atoms with E-state index in [-0.39, 0.29) is 5.54 Å². The fourth-order valence-corrected chi connectivity index (χ4v) is 2.80. The third-order valence-electron chi connectivity index (χ3n) is 4.07. The van der Waals surface area contributed by atoms with Crippen LogP contribution in [0.3, 0.4) is 0 Å². The van der Waals surface area contributed by atoms with Crippen molar-refractivity contribution in [2.24, 2.45) is 5.92 Å². The van der Waals surface area contributed by atoms with Gasteiger partial charge in [-0.05, 0) is 45.6 Å². The van der Waals surface area contributed by atoms with Gasteiger partial charge in [-0.15, -0.1) is 0 Å². The van der Waals surface area contributed by atoms with Crippen LogP contribution in [0.4, 0.5) is 5.82 Å². The minimum Gasteiger partial charge on any atom is -0.356 e. The third kappa shape index (κ3) is 4.20. The second kappa shape index (κ2) is 6.57. The molecular formula is C17H29N3. The van der Waals surface area contributed by atoms with E-state index in [9.17, 15) is 0 Å². The summed E-state index contributed by atoms with van der Waals surface area (Å²) in [4.78, 5) is 7.14. The van der Waals surface area contributed by atoms with Crippen LogP contribution in [0.2, 0.25) is 0 Å². The van der Waals surface area contributed by atoms with Crippen molar-refractivity contribution in [3.05, 3.63) is 23.9 Å². The quantitative estimate of drug-likeness (QED) is 0.910. The molecule has 1 atom stereocenters. The Morgan fingerprint density at radius 1 is 1.40 bits per heavy atom. The molecule has 0 amide bonds. The normalized spacial score (nSPS) is 20.2. The number of aromatic nitrogens is 1. The van der Waals surface area contributed by atoms with Crippen LogP contribution in [-0.4, -0.2) is 23.6 Å². The lowest BCUT2D eigenvalue weighted by Gasteiger charge is -2.34. The molecule has 3 nitrogen and oxygen atoms in total. The number of pyridine rings is 1. The van der Waals surface area contributed by atoms with Crippen LogP contribution in [0.15, 0.2) is 18.3 Å². The summed E-state index contributed by atoms with van der Waals surface area (Å²) in [7, 11) is 0. The molecule has 0 bridgehead atoms. The van der Waals surface area contributed by atoms with E-state index in [2.05, 4.69) is 49.0 Å². The standard InChI is InChI=1S/C17H29N3/c1-5-14-8-7-11-20(13-14)16-15(9-6-10-18-16)12-19-17(2,3)4/h6,9-10,14,19H,5,7-8,11-13H2,1-4H3. The maximum atomic E-state index is 4.66. The van der Waals surface area contributed by atoms with Crippen molar-refractivity contribution in [1.29, 1.82) is 0 Å². The van der Waals surface area contributed by atoms with Gasteiger partial charge in [0, 0.05) is 36.9 Å². The molecule has 20 heavy (non-hydrogen) atoms. The molecule has 0 aromatic carbocycles. The summed E-state index contributed by atoms with van der Waals surface area (Å²) in [6.45, 7) is 12.1. The van der Waals surface area contributed by atoms with Gasteiger partial charge in [-0.25, -0.2) is 4.98 Å². The minimum atomic E-state index is 0.140. The molecule has 1 aliphatic rings. The number of hydrogen-bond acceptors (Lipinski definition) is 3. The maximum Gasteiger partial charge on any atom is 0.133 e. The van der Waals surface area contributed by atoms with Crippen LogP contribution in [-0.2, 0) is 6.54 Å².